The zero-order chi connectivity index (χ0) is 15.2. The summed E-state index contributed by atoms with van der Waals surface area (Å²) in [4.78, 5) is 0.265. The number of rotatable bonds is 8. The van der Waals surface area contributed by atoms with E-state index < -0.39 is 16.5 Å². The lowest BCUT2D eigenvalue weighted by Crippen LogP contribution is -2.25. The molecule has 5 nitrogen and oxygen atoms in total. The van der Waals surface area contributed by atoms with E-state index in [1.807, 2.05) is 6.92 Å². The van der Waals surface area contributed by atoms with Gasteiger partial charge in [0, 0.05) is 20.3 Å². The van der Waals surface area contributed by atoms with E-state index in [9.17, 15) is 8.42 Å². The molecule has 0 heterocycles. The van der Waals surface area contributed by atoms with Crippen molar-refractivity contribution in [2.75, 3.05) is 26.9 Å². The van der Waals surface area contributed by atoms with Crippen molar-refractivity contribution in [1.82, 2.24) is 4.72 Å². The zero-order valence-electron chi connectivity index (χ0n) is 11.8. The lowest BCUT2D eigenvalue weighted by atomic mass is 10.2. The van der Waals surface area contributed by atoms with Crippen LogP contribution in [0.3, 0.4) is 0 Å². The molecule has 0 radical (unpaired) electrons. The molecule has 0 aliphatic carbocycles. The van der Waals surface area contributed by atoms with Gasteiger partial charge < -0.3 is 9.05 Å². The first-order valence-electron chi connectivity index (χ1n) is 6.11. The second kappa shape index (κ2) is 7.64. The minimum Gasteiger partial charge on any atom is -0.333 e. The molecule has 0 saturated heterocycles. The molecule has 20 heavy (non-hydrogen) atoms. The van der Waals surface area contributed by atoms with Gasteiger partial charge in [0.15, 0.2) is 6.49 Å². The van der Waals surface area contributed by atoms with E-state index in [0.29, 0.717) is 19.6 Å². The Morgan fingerprint density at radius 3 is 2.45 bits per heavy atom. The Hall–Kier alpha value is -0.300. The largest absolute Gasteiger partial charge is 0.333 e. The summed E-state index contributed by atoms with van der Waals surface area (Å²) in [5.41, 5.74) is 1.02. The molecular weight excluding hydrogens is 317 g/mol. The fourth-order valence-corrected chi connectivity index (χ4v) is 3.23. The van der Waals surface area contributed by atoms with Gasteiger partial charge in [0.2, 0.25) is 10.0 Å². The molecule has 1 aromatic rings. The van der Waals surface area contributed by atoms with Gasteiger partial charge in [-0.1, -0.05) is 17.7 Å². The number of sulfonamides is 1. The maximum atomic E-state index is 12.0. The Labute approximate surface area is 125 Å². The van der Waals surface area contributed by atoms with Crippen LogP contribution >= 0.6 is 6.49 Å². The summed E-state index contributed by atoms with van der Waals surface area (Å²) >= 11 is 5.08. The van der Waals surface area contributed by atoms with E-state index in [2.05, 4.69) is 4.72 Å². The lowest BCUT2D eigenvalue weighted by molar-refractivity contribution is 0.281. The van der Waals surface area contributed by atoms with Gasteiger partial charge in [-0.15, -0.1) is 0 Å². The molecule has 0 aliphatic heterocycles. The Kier molecular flexibility index (Phi) is 6.78. The van der Waals surface area contributed by atoms with Crippen molar-refractivity contribution >= 4 is 28.3 Å². The molecule has 1 N–H and O–H groups in total. The Bertz CT molecular complexity index is 572. The molecule has 0 amide bonds. The average molecular weight is 337 g/mol. The first kappa shape index (κ1) is 17.8. The van der Waals surface area contributed by atoms with Gasteiger partial charge in [0.25, 0.3) is 0 Å². The Morgan fingerprint density at radius 1 is 1.30 bits per heavy atom. The number of aryl methyl sites for hydroxylation is 1. The first-order chi connectivity index (χ1) is 9.27. The summed E-state index contributed by atoms with van der Waals surface area (Å²) in [6.07, 6.45) is 0.542. The minimum atomic E-state index is -3.45. The van der Waals surface area contributed by atoms with Crippen LogP contribution in [0.1, 0.15) is 12.0 Å². The highest BCUT2D eigenvalue weighted by Gasteiger charge is 2.13. The molecular formula is C12H20NO4PS2. The van der Waals surface area contributed by atoms with Gasteiger partial charge in [-0.2, -0.15) is 0 Å². The monoisotopic (exact) mass is 337 g/mol. The predicted molar refractivity (Wildman–Crippen MR) is 84.2 cm³/mol. The van der Waals surface area contributed by atoms with Crippen molar-refractivity contribution < 1.29 is 17.5 Å². The summed E-state index contributed by atoms with van der Waals surface area (Å²) < 4.78 is 36.9. The van der Waals surface area contributed by atoms with Crippen LogP contribution in [-0.4, -0.2) is 35.3 Å². The fourth-order valence-electron chi connectivity index (χ4n) is 1.36. The van der Waals surface area contributed by atoms with Gasteiger partial charge in [-0.05, 0) is 37.3 Å². The summed E-state index contributed by atoms with van der Waals surface area (Å²) in [6.45, 7) is 2.16. The highest BCUT2D eigenvalue weighted by Crippen LogP contribution is 2.42. The van der Waals surface area contributed by atoms with Gasteiger partial charge in [0.05, 0.1) is 11.5 Å². The van der Waals surface area contributed by atoms with Crippen LogP contribution in [0.25, 0.3) is 0 Å². The van der Waals surface area contributed by atoms with E-state index in [1.165, 1.54) is 7.11 Å². The standard InChI is InChI=1S/C12H20NO4PS2/c1-11-5-7-12(8-6-11)20(14,15)13-9-4-10-17-18(3,19)16-2/h5-8,13H,4,9-10H2,1-3H3. The van der Waals surface area contributed by atoms with Crippen LogP contribution in [0.4, 0.5) is 0 Å². The van der Waals surface area contributed by atoms with Crippen LogP contribution in [0, 0.1) is 6.92 Å². The molecule has 1 rings (SSSR count). The van der Waals surface area contributed by atoms with Gasteiger partial charge in [-0.25, -0.2) is 13.1 Å². The third-order valence-corrected chi connectivity index (χ3v) is 6.16. The maximum absolute atomic E-state index is 12.0. The predicted octanol–water partition coefficient (Wildman–Crippen LogP) is 2.27. The smallest absolute Gasteiger partial charge is 0.240 e. The van der Waals surface area contributed by atoms with Crippen LogP contribution in [0.5, 0.6) is 0 Å². The molecule has 0 spiro atoms. The van der Waals surface area contributed by atoms with Crippen LogP contribution in [0.15, 0.2) is 29.2 Å². The normalized spacial score (nSPS) is 14.9. The van der Waals surface area contributed by atoms with Gasteiger partial charge >= 0.3 is 0 Å². The van der Waals surface area contributed by atoms with Crippen molar-refractivity contribution in [3.63, 3.8) is 0 Å². The van der Waals surface area contributed by atoms with Crippen molar-refractivity contribution in [3.8, 4) is 0 Å². The molecule has 0 aliphatic rings. The number of nitrogens with one attached hydrogen (secondary N) is 1. The summed E-state index contributed by atoms with van der Waals surface area (Å²) in [7, 11) is -1.94. The van der Waals surface area contributed by atoms with Crippen molar-refractivity contribution in [2.45, 2.75) is 18.2 Å². The van der Waals surface area contributed by atoms with Crippen molar-refractivity contribution in [2.24, 2.45) is 0 Å². The summed E-state index contributed by atoms with van der Waals surface area (Å²) in [6, 6.07) is 6.71. The lowest BCUT2D eigenvalue weighted by Gasteiger charge is -2.14. The molecule has 8 heteroatoms. The van der Waals surface area contributed by atoms with Crippen molar-refractivity contribution in [1.29, 1.82) is 0 Å². The summed E-state index contributed by atoms with van der Waals surface area (Å²) in [5.74, 6) is 0. The quantitative estimate of drug-likeness (QED) is 0.582. The number of benzene rings is 1. The topological polar surface area (TPSA) is 64.6 Å². The Balaban J connectivity index is 2.41. The fraction of sp³-hybridized carbons (Fsp3) is 0.500. The van der Waals surface area contributed by atoms with Crippen LogP contribution in [0.2, 0.25) is 0 Å². The maximum Gasteiger partial charge on any atom is 0.240 e. The number of hydrogen-bond donors (Lipinski definition) is 1. The third kappa shape index (κ3) is 5.99. The van der Waals surface area contributed by atoms with Crippen LogP contribution in [-0.2, 0) is 30.9 Å². The van der Waals surface area contributed by atoms with E-state index in [4.69, 9.17) is 20.9 Å². The van der Waals surface area contributed by atoms with Crippen molar-refractivity contribution in [3.05, 3.63) is 29.8 Å². The SMILES string of the molecule is COP(C)(=S)OCCCNS(=O)(=O)c1ccc(C)cc1. The molecule has 0 bridgehead atoms. The molecule has 0 saturated carbocycles. The second-order valence-electron chi connectivity index (χ2n) is 4.35. The molecule has 1 aromatic carbocycles. The molecule has 0 fully saturated rings. The van der Waals surface area contributed by atoms with E-state index in [0.717, 1.165) is 5.56 Å². The van der Waals surface area contributed by atoms with E-state index in [1.54, 1.807) is 30.9 Å². The molecule has 1 unspecified atom stereocenters. The van der Waals surface area contributed by atoms with Gasteiger partial charge in [-0.3, -0.25) is 0 Å². The average Bonchev–Trinajstić information content (AvgIpc) is 2.38. The highest BCUT2D eigenvalue weighted by molar-refractivity contribution is 8.09. The minimum absolute atomic E-state index is 0.265. The second-order valence-corrected chi connectivity index (χ2v) is 10.3. The van der Waals surface area contributed by atoms with E-state index >= 15 is 0 Å². The molecule has 114 valence electrons. The molecule has 1 atom stereocenters. The summed E-state index contributed by atoms with van der Waals surface area (Å²) in [5, 5.41) is 0. The first-order valence-corrected chi connectivity index (χ1v) is 10.7. The van der Waals surface area contributed by atoms with Gasteiger partial charge in [0.1, 0.15) is 0 Å². The molecule has 0 aromatic heterocycles. The third-order valence-electron chi connectivity index (χ3n) is 2.60. The Morgan fingerprint density at radius 2 is 1.90 bits per heavy atom. The highest BCUT2D eigenvalue weighted by atomic mass is 32.5. The van der Waals surface area contributed by atoms with Crippen LogP contribution < -0.4 is 4.72 Å². The zero-order valence-corrected chi connectivity index (χ0v) is 14.4. The van der Waals surface area contributed by atoms with E-state index in [-0.39, 0.29) is 4.90 Å². The number of hydrogen-bond acceptors (Lipinski definition) is 5.